The number of aromatic nitrogens is 4. The van der Waals surface area contributed by atoms with E-state index in [1.54, 1.807) is 0 Å². The standard InChI is InChI=1S/C10H16N5O13P3/c11-8-5-9(13-2-12-8)15(3-14-5)10-7(17)6(16)4(26-10)1-25-30(21,22)28-31(23,24)27-29(18,19)20/h2-4,6-7,10,16-17H,1H2,(H,21,22)(H,23,24)(H2,11,12,13)(H2,18,19,20)/p-4. The minimum Gasteiger partial charge on any atom is -0.790 e. The number of phosphoric ester groups is 1. The van der Waals surface area contributed by atoms with Gasteiger partial charge in [0.05, 0.1) is 20.8 Å². The number of nitrogens with zero attached hydrogens (tertiary/aromatic N) is 4. The molecule has 0 amide bonds. The van der Waals surface area contributed by atoms with Gasteiger partial charge in [-0.25, -0.2) is 19.3 Å². The van der Waals surface area contributed by atoms with Crippen molar-refractivity contribution in [2.24, 2.45) is 0 Å². The highest BCUT2D eigenvalue weighted by Crippen LogP contribution is 2.60. The molecule has 1 saturated heterocycles. The summed E-state index contributed by atoms with van der Waals surface area (Å²) in [6.45, 7) is -1.08. The minimum atomic E-state index is -6.14. The summed E-state index contributed by atoms with van der Waals surface area (Å²) in [5, 5.41) is 20.3. The van der Waals surface area contributed by atoms with Crippen LogP contribution in [-0.2, 0) is 31.6 Å². The van der Waals surface area contributed by atoms with Gasteiger partial charge in [0, 0.05) is 0 Å². The molecule has 174 valence electrons. The van der Waals surface area contributed by atoms with Crippen molar-refractivity contribution in [1.82, 2.24) is 19.5 Å². The van der Waals surface area contributed by atoms with Crippen LogP contribution >= 0.6 is 23.5 Å². The largest absolute Gasteiger partial charge is 0.790 e. The molecular formula is C10H12N5O13P3-4. The van der Waals surface area contributed by atoms with Crippen LogP contribution in [0.25, 0.3) is 11.2 Å². The van der Waals surface area contributed by atoms with E-state index in [-0.39, 0.29) is 17.0 Å². The van der Waals surface area contributed by atoms with E-state index in [4.69, 9.17) is 10.5 Å². The number of hydrogen-bond acceptors (Lipinski definition) is 17. The van der Waals surface area contributed by atoms with Crippen molar-refractivity contribution in [3.8, 4) is 0 Å². The third kappa shape index (κ3) is 5.71. The van der Waals surface area contributed by atoms with Crippen LogP contribution in [0.1, 0.15) is 6.23 Å². The van der Waals surface area contributed by atoms with Crippen molar-refractivity contribution in [2.45, 2.75) is 24.5 Å². The Hall–Kier alpha value is -1.36. The van der Waals surface area contributed by atoms with Crippen LogP contribution < -0.4 is 25.3 Å². The maximum absolute atomic E-state index is 11.6. The van der Waals surface area contributed by atoms with Crippen molar-refractivity contribution >= 4 is 40.4 Å². The van der Waals surface area contributed by atoms with Crippen molar-refractivity contribution in [3.05, 3.63) is 12.7 Å². The molecule has 6 atom stereocenters. The zero-order valence-electron chi connectivity index (χ0n) is 14.8. The van der Waals surface area contributed by atoms with Crippen molar-refractivity contribution in [3.63, 3.8) is 0 Å². The molecule has 6 unspecified atom stereocenters. The Labute approximate surface area is 171 Å². The fourth-order valence-corrected chi connectivity index (χ4v) is 5.47. The van der Waals surface area contributed by atoms with Gasteiger partial charge >= 0.3 is 0 Å². The van der Waals surface area contributed by atoms with Crippen LogP contribution in [-0.4, -0.2) is 54.7 Å². The monoisotopic (exact) mass is 503 g/mol. The predicted octanol–water partition coefficient (Wildman–Crippen LogP) is -4.16. The summed E-state index contributed by atoms with van der Waals surface area (Å²) in [7, 11) is -18.1. The average molecular weight is 503 g/mol. The number of ether oxygens (including phenoxy) is 1. The van der Waals surface area contributed by atoms with E-state index < -0.39 is 54.6 Å². The lowest BCUT2D eigenvalue weighted by Crippen LogP contribution is -2.34. The average Bonchev–Trinajstić information content (AvgIpc) is 3.13. The van der Waals surface area contributed by atoms with E-state index in [1.165, 1.54) is 4.57 Å². The molecule has 0 saturated carbocycles. The molecule has 0 aliphatic carbocycles. The van der Waals surface area contributed by atoms with E-state index in [9.17, 15) is 43.5 Å². The van der Waals surface area contributed by atoms with Gasteiger partial charge < -0.3 is 49.3 Å². The smallest absolute Gasteiger partial charge is 0.278 e. The topological polar surface area (TPSA) is 290 Å². The minimum absolute atomic E-state index is 0.0195. The van der Waals surface area contributed by atoms with Crippen LogP contribution in [0.5, 0.6) is 0 Å². The van der Waals surface area contributed by atoms with Crippen LogP contribution in [0.2, 0.25) is 0 Å². The highest BCUT2D eigenvalue weighted by atomic mass is 31.3. The third-order valence-corrected chi connectivity index (χ3v) is 7.46. The second-order valence-corrected chi connectivity index (χ2v) is 10.2. The number of fused-ring (bicyclic) bond motifs is 1. The number of aliphatic hydroxyl groups excluding tert-OH is 2. The molecule has 2 aromatic heterocycles. The van der Waals surface area contributed by atoms with Gasteiger partial charge in [-0.15, -0.1) is 0 Å². The maximum Gasteiger partial charge on any atom is 0.278 e. The Bertz CT molecular complexity index is 1100. The molecule has 0 spiro atoms. The number of anilines is 1. The van der Waals surface area contributed by atoms with Gasteiger partial charge in [0.2, 0.25) is 0 Å². The van der Waals surface area contributed by atoms with Gasteiger partial charge in [-0.05, 0) is 0 Å². The van der Waals surface area contributed by atoms with E-state index in [0.717, 1.165) is 12.7 Å². The number of phosphoric acid groups is 3. The summed E-state index contributed by atoms with van der Waals surface area (Å²) in [4.78, 5) is 54.9. The Morgan fingerprint density at radius 2 is 1.74 bits per heavy atom. The quantitative estimate of drug-likeness (QED) is 0.288. The first kappa shape index (κ1) is 24.3. The molecule has 18 nitrogen and oxygen atoms in total. The molecule has 1 fully saturated rings. The van der Waals surface area contributed by atoms with Crippen LogP contribution in [0.15, 0.2) is 12.7 Å². The second kappa shape index (κ2) is 8.53. The van der Waals surface area contributed by atoms with E-state index in [1.807, 2.05) is 0 Å². The number of nitrogen functional groups attached to an aromatic ring is 1. The zero-order chi connectivity index (χ0) is 23.2. The summed E-state index contributed by atoms with van der Waals surface area (Å²) in [5.41, 5.74) is 5.92. The summed E-state index contributed by atoms with van der Waals surface area (Å²) in [6.07, 6.45) is -3.99. The summed E-state index contributed by atoms with van der Waals surface area (Å²) < 4.78 is 50.2. The van der Waals surface area contributed by atoms with Gasteiger partial charge in [-0.3, -0.25) is 18.0 Å². The number of aliphatic hydroxyl groups is 2. The summed E-state index contributed by atoms with van der Waals surface area (Å²) in [6, 6.07) is 0. The fourth-order valence-electron chi connectivity index (χ4n) is 2.60. The predicted molar refractivity (Wildman–Crippen MR) is 86.6 cm³/mol. The lowest BCUT2D eigenvalue weighted by Gasteiger charge is -2.37. The van der Waals surface area contributed by atoms with Gasteiger partial charge in [0.15, 0.2) is 17.7 Å². The van der Waals surface area contributed by atoms with Crippen molar-refractivity contribution in [1.29, 1.82) is 0 Å². The van der Waals surface area contributed by atoms with E-state index in [0.29, 0.717) is 0 Å². The van der Waals surface area contributed by atoms with Crippen molar-refractivity contribution in [2.75, 3.05) is 12.3 Å². The van der Waals surface area contributed by atoms with E-state index >= 15 is 0 Å². The lowest BCUT2D eigenvalue weighted by atomic mass is 10.1. The Morgan fingerprint density at radius 1 is 1.06 bits per heavy atom. The van der Waals surface area contributed by atoms with Crippen LogP contribution in [0, 0.1) is 0 Å². The normalized spacial score (nSPS) is 28.5. The first-order valence-electron chi connectivity index (χ1n) is 7.85. The Balaban J connectivity index is 1.69. The molecule has 0 bridgehead atoms. The molecule has 1 aliphatic rings. The molecule has 0 aromatic carbocycles. The molecule has 3 heterocycles. The highest BCUT2D eigenvalue weighted by Gasteiger charge is 2.45. The third-order valence-electron chi connectivity index (χ3n) is 3.80. The highest BCUT2D eigenvalue weighted by molar-refractivity contribution is 7.64. The fraction of sp³-hybridized carbons (Fsp3) is 0.500. The SMILES string of the molecule is Nc1ncnc2c1ncn2C1OC(COP(=O)([O-])OP(=O)([O-])OP(=O)([O-])[O-])C(O)C1O. The molecule has 31 heavy (non-hydrogen) atoms. The van der Waals surface area contributed by atoms with E-state index in [2.05, 4.69) is 28.1 Å². The number of hydrogen-bond donors (Lipinski definition) is 3. The molecule has 2 aromatic rings. The number of nitrogens with two attached hydrogens (primary N) is 1. The van der Waals surface area contributed by atoms with Gasteiger partial charge in [-0.2, -0.15) is 0 Å². The second-order valence-electron chi connectivity index (χ2n) is 5.93. The molecule has 3 rings (SSSR count). The first-order valence-corrected chi connectivity index (χ1v) is 12.2. The van der Waals surface area contributed by atoms with Crippen LogP contribution in [0.3, 0.4) is 0 Å². The molecular weight excluding hydrogens is 491 g/mol. The van der Waals surface area contributed by atoms with Gasteiger partial charge in [0.1, 0.15) is 30.2 Å². The Morgan fingerprint density at radius 3 is 2.39 bits per heavy atom. The zero-order valence-corrected chi connectivity index (χ0v) is 17.4. The first-order chi connectivity index (χ1) is 14.2. The molecule has 21 heteroatoms. The number of imidazole rings is 1. The Kier molecular flexibility index (Phi) is 6.68. The molecule has 1 aliphatic heterocycles. The summed E-state index contributed by atoms with van der Waals surface area (Å²) in [5.74, 6) is 0.0195. The van der Waals surface area contributed by atoms with Crippen LogP contribution in [0.4, 0.5) is 5.82 Å². The van der Waals surface area contributed by atoms with Crippen molar-refractivity contribution < 1.29 is 61.4 Å². The molecule has 0 radical (unpaired) electrons. The lowest BCUT2D eigenvalue weighted by molar-refractivity contribution is -0.339. The maximum atomic E-state index is 11.6. The summed E-state index contributed by atoms with van der Waals surface area (Å²) >= 11 is 0. The number of rotatable bonds is 8. The molecule has 4 N–H and O–H groups in total. The van der Waals surface area contributed by atoms with Gasteiger partial charge in [0.25, 0.3) is 15.6 Å². The van der Waals surface area contributed by atoms with Gasteiger partial charge in [-0.1, -0.05) is 0 Å².